The summed E-state index contributed by atoms with van der Waals surface area (Å²) < 4.78 is 7.36. The first-order valence-corrected chi connectivity index (χ1v) is 12.8. The Bertz CT molecular complexity index is 1480. The SMILES string of the molecule is N#CCC1(n2cc(-c3ncnc4[nH]ccc34)c(N)n2)CN(C2CCN(C(=O)OCc3ccccc3)CC2)C1. The van der Waals surface area contributed by atoms with Gasteiger partial charge in [-0.1, -0.05) is 30.3 Å². The number of ether oxygens (including phenoxy) is 1. The van der Waals surface area contributed by atoms with E-state index in [1.54, 1.807) is 4.90 Å². The zero-order chi connectivity index (χ0) is 26.1. The Balaban J connectivity index is 1.09. The molecule has 0 saturated carbocycles. The third kappa shape index (κ3) is 4.33. The van der Waals surface area contributed by atoms with Gasteiger partial charge in [0.1, 0.15) is 24.1 Å². The lowest BCUT2D eigenvalue weighted by Crippen LogP contribution is -2.66. The third-order valence-corrected chi connectivity index (χ3v) is 7.69. The molecule has 2 fully saturated rings. The number of hydrogen-bond donors (Lipinski definition) is 2. The molecular formula is C27H29N9O2. The lowest BCUT2D eigenvalue weighted by Gasteiger charge is -2.53. The molecule has 2 aliphatic heterocycles. The van der Waals surface area contributed by atoms with E-state index in [0.29, 0.717) is 44.5 Å². The van der Waals surface area contributed by atoms with E-state index in [0.717, 1.165) is 40.7 Å². The van der Waals surface area contributed by atoms with Gasteiger partial charge in [0.25, 0.3) is 0 Å². The molecule has 6 rings (SSSR count). The summed E-state index contributed by atoms with van der Waals surface area (Å²) in [6, 6.07) is 14.3. The number of amides is 1. The third-order valence-electron chi connectivity index (χ3n) is 7.69. The number of benzene rings is 1. The van der Waals surface area contributed by atoms with Crippen LogP contribution in [0.2, 0.25) is 0 Å². The van der Waals surface area contributed by atoms with Crippen molar-refractivity contribution in [2.75, 3.05) is 31.9 Å². The molecule has 3 N–H and O–H groups in total. The van der Waals surface area contributed by atoms with Crippen LogP contribution >= 0.6 is 0 Å². The average Bonchev–Trinajstić information content (AvgIpc) is 3.57. The highest BCUT2D eigenvalue weighted by Crippen LogP contribution is 2.38. The fourth-order valence-electron chi connectivity index (χ4n) is 5.58. The molecule has 11 nitrogen and oxygen atoms in total. The molecule has 0 atom stereocenters. The van der Waals surface area contributed by atoms with Crippen molar-refractivity contribution in [1.29, 1.82) is 5.26 Å². The Morgan fingerprint density at radius 3 is 2.74 bits per heavy atom. The monoisotopic (exact) mass is 511 g/mol. The zero-order valence-electron chi connectivity index (χ0n) is 21.0. The van der Waals surface area contributed by atoms with Crippen molar-refractivity contribution in [3.05, 3.63) is 60.7 Å². The van der Waals surface area contributed by atoms with Gasteiger partial charge < -0.3 is 20.4 Å². The number of carbonyl (C=O) groups excluding carboxylic acids is 1. The molecule has 38 heavy (non-hydrogen) atoms. The Morgan fingerprint density at radius 1 is 1.18 bits per heavy atom. The largest absolute Gasteiger partial charge is 0.445 e. The number of nitrogen functional groups attached to an aromatic ring is 1. The Kier molecular flexibility index (Phi) is 6.17. The smallest absolute Gasteiger partial charge is 0.410 e. The molecule has 0 spiro atoms. The Hall–Kier alpha value is -4.43. The van der Waals surface area contributed by atoms with Crippen LogP contribution in [0.1, 0.15) is 24.8 Å². The van der Waals surface area contributed by atoms with Crippen LogP contribution in [0.5, 0.6) is 0 Å². The molecule has 194 valence electrons. The summed E-state index contributed by atoms with van der Waals surface area (Å²) in [4.78, 5) is 28.5. The van der Waals surface area contributed by atoms with Crippen molar-refractivity contribution in [3.8, 4) is 17.3 Å². The van der Waals surface area contributed by atoms with Gasteiger partial charge in [0.15, 0.2) is 5.82 Å². The molecule has 2 saturated heterocycles. The number of nitrogens with one attached hydrogen (secondary N) is 1. The number of nitriles is 1. The standard InChI is InChI=1S/C27H29N9O2/c28-10-9-27(36-14-22(24(29)33-36)23-21-6-11-30-25(21)32-18-31-23)16-35(17-27)20-7-12-34(13-8-20)26(37)38-15-19-4-2-1-3-5-19/h1-6,11,14,18,20H,7-9,12-13,15-17H2,(H2,29,33)(H,30,31,32). The van der Waals surface area contributed by atoms with Crippen molar-refractivity contribution < 1.29 is 9.53 Å². The first-order valence-electron chi connectivity index (χ1n) is 12.8. The maximum atomic E-state index is 12.5. The van der Waals surface area contributed by atoms with E-state index < -0.39 is 5.54 Å². The van der Waals surface area contributed by atoms with E-state index in [2.05, 4.69) is 31.0 Å². The van der Waals surface area contributed by atoms with Gasteiger partial charge in [0, 0.05) is 50.0 Å². The summed E-state index contributed by atoms with van der Waals surface area (Å²) in [5.74, 6) is 0.379. The van der Waals surface area contributed by atoms with Gasteiger partial charge in [0.05, 0.1) is 23.7 Å². The maximum absolute atomic E-state index is 12.5. The highest BCUT2D eigenvalue weighted by Gasteiger charge is 2.48. The maximum Gasteiger partial charge on any atom is 0.410 e. The summed E-state index contributed by atoms with van der Waals surface area (Å²) in [5.41, 5.74) is 9.05. The first-order chi connectivity index (χ1) is 18.6. The summed E-state index contributed by atoms with van der Waals surface area (Å²) in [6.07, 6.45) is 7.02. The number of aromatic amines is 1. The number of anilines is 1. The molecule has 3 aromatic heterocycles. The lowest BCUT2D eigenvalue weighted by molar-refractivity contribution is -0.0424. The number of nitrogens with zero attached hydrogens (tertiary/aromatic N) is 7. The molecule has 0 bridgehead atoms. The highest BCUT2D eigenvalue weighted by atomic mass is 16.6. The van der Waals surface area contributed by atoms with E-state index in [4.69, 9.17) is 10.5 Å². The number of carbonyl (C=O) groups is 1. The molecular weight excluding hydrogens is 482 g/mol. The van der Waals surface area contributed by atoms with E-state index in [9.17, 15) is 10.1 Å². The first kappa shape index (κ1) is 23.9. The number of likely N-dealkylation sites (tertiary alicyclic amines) is 2. The zero-order valence-corrected chi connectivity index (χ0v) is 21.0. The van der Waals surface area contributed by atoms with Crippen molar-refractivity contribution in [1.82, 2.24) is 34.5 Å². The fourth-order valence-corrected chi connectivity index (χ4v) is 5.58. The number of H-pyrrole nitrogens is 1. The number of rotatable bonds is 6. The van der Waals surface area contributed by atoms with Gasteiger partial charge in [-0.3, -0.25) is 9.58 Å². The van der Waals surface area contributed by atoms with E-state index in [-0.39, 0.29) is 12.7 Å². The van der Waals surface area contributed by atoms with Crippen LogP contribution in [0.15, 0.2) is 55.1 Å². The van der Waals surface area contributed by atoms with Gasteiger partial charge in [-0.2, -0.15) is 10.4 Å². The van der Waals surface area contributed by atoms with Gasteiger partial charge in [-0.05, 0) is 24.5 Å². The predicted octanol–water partition coefficient (Wildman–Crippen LogP) is 3.13. The van der Waals surface area contributed by atoms with Crippen LogP contribution in [0.4, 0.5) is 10.6 Å². The second-order valence-electron chi connectivity index (χ2n) is 10.1. The minimum Gasteiger partial charge on any atom is -0.445 e. The Morgan fingerprint density at radius 2 is 1.97 bits per heavy atom. The highest BCUT2D eigenvalue weighted by molar-refractivity contribution is 5.93. The minimum absolute atomic E-state index is 0.268. The number of aromatic nitrogens is 5. The fraction of sp³-hybridized carbons (Fsp3) is 0.370. The number of nitrogens with two attached hydrogens (primary N) is 1. The minimum atomic E-state index is -0.447. The molecule has 0 unspecified atom stereocenters. The van der Waals surface area contributed by atoms with Crippen LogP contribution < -0.4 is 5.73 Å². The quantitative estimate of drug-likeness (QED) is 0.402. The molecule has 4 aromatic rings. The topological polar surface area (TPSA) is 142 Å². The van der Waals surface area contributed by atoms with Crippen LogP contribution in [-0.4, -0.2) is 72.8 Å². The van der Waals surface area contributed by atoms with Gasteiger partial charge in [-0.15, -0.1) is 0 Å². The Labute approximate surface area is 219 Å². The van der Waals surface area contributed by atoms with E-state index in [1.165, 1.54) is 6.33 Å². The van der Waals surface area contributed by atoms with Crippen molar-refractivity contribution in [2.24, 2.45) is 0 Å². The molecule has 1 amide bonds. The second kappa shape index (κ2) is 9.79. The molecule has 2 aliphatic rings. The summed E-state index contributed by atoms with van der Waals surface area (Å²) in [5, 5.41) is 15.1. The van der Waals surface area contributed by atoms with Crippen molar-refractivity contribution >= 4 is 22.9 Å². The van der Waals surface area contributed by atoms with Crippen LogP contribution in [0.25, 0.3) is 22.3 Å². The summed E-state index contributed by atoms with van der Waals surface area (Å²) in [6.45, 7) is 2.99. The lowest BCUT2D eigenvalue weighted by atomic mass is 9.84. The molecule has 11 heteroatoms. The number of piperidine rings is 1. The molecule has 1 aromatic carbocycles. The number of fused-ring (bicyclic) bond motifs is 1. The van der Waals surface area contributed by atoms with Crippen molar-refractivity contribution in [2.45, 2.75) is 37.5 Å². The number of hydrogen-bond acceptors (Lipinski definition) is 8. The second-order valence-corrected chi connectivity index (χ2v) is 10.1. The average molecular weight is 512 g/mol. The van der Waals surface area contributed by atoms with Crippen LogP contribution in [0.3, 0.4) is 0 Å². The summed E-state index contributed by atoms with van der Waals surface area (Å²) >= 11 is 0. The molecule has 0 radical (unpaired) electrons. The van der Waals surface area contributed by atoms with E-state index >= 15 is 0 Å². The van der Waals surface area contributed by atoms with Crippen molar-refractivity contribution in [3.63, 3.8) is 0 Å². The van der Waals surface area contributed by atoms with Gasteiger partial charge >= 0.3 is 6.09 Å². The molecule has 5 heterocycles. The molecule has 0 aliphatic carbocycles. The van der Waals surface area contributed by atoms with Crippen LogP contribution in [-0.2, 0) is 16.9 Å². The predicted molar refractivity (Wildman–Crippen MR) is 141 cm³/mol. The van der Waals surface area contributed by atoms with E-state index in [1.807, 2.05) is 53.5 Å². The van der Waals surface area contributed by atoms with Crippen LogP contribution in [0, 0.1) is 11.3 Å². The van der Waals surface area contributed by atoms with Gasteiger partial charge in [-0.25, -0.2) is 14.8 Å². The normalized spacial score (nSPS) is 17.7. The van der Waals surface area contributed by atoms with Gasteiger partial charge in [0.2, 0.25) is 0 Å². The summed E-state index contributed by atoms with van der Waals surface area (Å²) in [7, 11) is 0.